The van der Waals surface area contributed by atoms with Gasteiger partial charge in [0.25, 0.3) is 0 Å². The zero-order valence-corrected chi connectivity index (χ0v) is 11.3. The second-order valence-corrected chi connectivity index (χ2v) is 5.06. The first kappa shape index (κ1) is 15.1. The van der Waals surface area contributed by atoms with Crippen molar-refractivity contribution in [1.82, 2.24) is 4.98 Å². The van der Waals surface area contributed by atoms with Gasteiger partial charge in [0.15, 0.2) is 0 Å². The molecule has 19 heavy (non-hydrogen) atoms. The molecule has 0 saturated carbocycles. The Hall–Kier alpha value is -1.95. The van der Waals surface area contributed by atoms with Crippen molar-refractivity contribution in [2.45, 2.75) is 38.8 Å². The summed E-state index contributed by atoms with van der Waals surface area (Å²) in [7, 11) is 0. The molecular weight excluding hydrogens is 248 g/mol. The second kappa shape index (κ2) is 6.29. The molecule has 1 atom stereocenters. The van der Waals surface area contributed by atoms with Crippen molar-refractivity contribution in [3.05, 3.63) is 30.1 Å². The molecule has 1 rings (SSSR count). The smallest absolute Gasteiger partial charge is 0.428 e. The van der Waals surface area contributed by atoms with Crippen molar-refractivity contribution in [3.63, 3.8) is 0 Å². The lowest BCUT2D eigenvalue weighted by Crippen LogP contribution is -2.37. The maximum atomic E-state index is 11.6. The minimum Gasteiger partial charge on any atom is -0.428 e. The molecule has 1 aromatic rings. The molecule has 0 amide bonds. The Balaban J connectivity index is 2.47. The topological polar surface area (TPSA) is 91.5 Å². The van der Waals surface area contributed by atoms with Crippen LogP contribution in [0.25, 0.3) is 0 Å². The number of nitrogens with two attached hydrogens (primary N) is 1. The minimum absolute atomic E-state index is 0.246. The van der Waals surface area contributed by atoms with Crippen LogP contribution in [0.4, 0.5) is 4.79 Å². The predicted octanol–water partition coefficient (Wildman–Crippen LogP) is 1.43. The summed E-state index contributed by atoms with van der Waals surface area (Å²) in [6, 6.07) is 2.59. The molecule has 0 aliphatic heterocycles. The Morgan fingerprint density at radius 1 is 1.42 bits per heavy atom. The zero-order valence-electron chi connectivity index (χ0n) is 11.3. The van der Waals surface area contributed by atoms with Gasteiger partial charge in [-0.1, -0.05) is 6.07 Å². The highest BCUT2D eigenvalue weighted by atomic mass is 16.7. The Kier molecular flexibility index (Phi) is 5.00. The molecule has 0 radical (unpaired) electrons. The van der Waals surface area contributed by atoms with Gasteiger partial charge >= 0.3 is 12.1 Å². The van der Waals surface area contributed by atoms with E-state index in [4.69, 9.17) is 10.5 Å². The van der Waals surface area contributed by atoms with Crippen LogP contribution in [0, 0.1) is 0 Å². The maximum Gasteiger partial charge on any atom is 0.516 e. The van der Waals surface area contributed by atoms with Crippen molar-refractivity contribution < 1.29 is 19.1 Å². The molecule has 0 bridgehead atoms. The lowest BCUT2D eigenvalue weighted by molar-refractivity contribution is -0.142. The van der Waals surface area contributed by atoms with Crippen molar-refractivity contribution in [2.24, 2.45) is 5.73 Å². The Morgan fingerprint density at radius 3 is 2.63 bits per heavy atom. The van der Waals surface area contributed by atoms with Crippen LogP contribution >= 0.6 is 0 Å². The highest BCUT2D eigenvalue weighted by molar-refractivity contribution is 5.85. The molecular formula is C13H18N2O4. The van der Waals surface area contributed by atoms with E-state index >= 15 is 0 Å². The molecule has 6 nitrogen and oxygen atoms in total. The Bertz CT molecular complexity index is 440. The summed E-state index contributed by atoms with van der Waals surface area (Å²) in [5, 5.41) is 0. The number of hydrogen-bond acceptors (Lipinski definition) is 6. The van der Waals surface area contributed by atoms with E-state index in [2.05, 4.69) is 9.72 Å². The summed E-state index contributed by atoms with van der Waals surface area (Å²) in [6.45, 7) is 5.02. The average molecular weight is 266 g/mol. The van der Waals surface area contributed by atoms with Gasteiger partial charge in [0.1, 0.15) is 11.6 Å². The van der Waals surface area contributed by atoms with Gasteiger partial charge in [0, 0.05) is 12.4 Å². The van der Waals surface area contributed by atoms with E-state index in [9.17, 15) is 9.59 Å². The lowest BCUT2D eigenvalue weighted by Gasteiger charge is -2.19. The van der Waals surface area contributed by atoms with Gasteiger partial charge < -0.3 is 15.2 Å². The Morgan fingerprint density at radius 2 is 2.11 bits per heavy atom. The van der Waals surface area contributed by atoms with Crippen LogP contribution in [0.3, 0.4) is 0 Å². The fourth-order valence-corrected chi connectivity index (χ4v) is 1.28. The van der Waals surface area contributed by atoms with E-state index in [0.717, 1.165) is 5.56 Å². The van der Waals surface area contributed by atoms with Crippen LogP contribution in [-0.4, -0.2) is 28.8 Å². The summed E-state index contributed by atoms with van der Waals surface area (Å²) < 4.78 is 9.37. The largest absolute Gasteiger partial charge is 0.516 e. The van der Waals surface area contributed by atoms with Crippen LogP contribution in [0.2, 0.25) is 0 Å². The fourth-order valence-electron chi connectivity index (χ4n) is 1.28. The van der Waals surface area contributed by atoms with Crippen molar-refractivity contribution in [3.8, 4) is 0 Å². The standard InChI is InChI=1S/C13H18N2O4/c1-13(2,3)19-12(17)18-11(16)10(14)7-9-5-4-6-15-8-9/h4-6,8,10H,7,14H2,1-3H3/t10-/m0/s1. The third kappa shape index (κ3) is 5.96. The van der Waals surface area contributed by atoms with E-state index in [1.807, 2.05) is 0 Å². The number of aromatic nitrogens is 1. The minimum atomic E-state index is -1.04. The quantitative estimate of drug-likeness (QED) is 0.657. The van der Waals surface area contributed by atoms with Crippen molar-refractivity contribution in [1.29, 1.82) is 0 Å². The van der Waals surface area contributed by atoms with E-state index in [1.165, 1.54) is 0 Å². The number of carbonyl (C=O) groups excluding carboxylic acids is 2. The van der Waals surface area contributed by atoms with Crippen LogP contribution in [0.15, 0.2) is 24.5 Å². The molecule has 1 aromatic heterocycles. The van der Waals surface area contributed by atoms with Crippen LogP contribution in [0.1, 0.15) is 26.3 Å². The van der Waals surface area contributed by atoms with Gasteiger partial charge in [0.2, 0.25) is 0 Å². The van der Waals surface area contributed by atoms with E-state index in [0.29, 0.717) is 0 Å². The van der Waals surface area contributed by atoms with Gasteiger partial charge in [-0.2, -0.15) is 0 Å². The Labute approximate surface area is 111 Å². The third-order valence-electron chi connectivity index (χ3n) is 2.05. The first-order valence-corrected chi connectivity index (χ1v) is 5.87. The molecule has 104 valence electrons. The summed E-state index contributed by atoms with van der Waals surface area (Å²) in [6.07, 6.45) is 2.42. The molecule has 0 spiro atoms. The highest BCUT2D eigenvalue weighted by Crippen LogP contribution is 2.09. The summed E-state index contributed by atoms with van der Waals surface area (Å²) in [4.78, 5) is 26.8. The van der Waals surface area contributed by atoms with Crippen molar-refractivity contribution in [2.75, 3.05) is 0 Å². The monoisotopic (exact) mass is 266 g/mol. The van der Waals surface area contributed by atoms with E-state index in [-0.39, 0.29) is 6.42 Å². The van der Waals surface area contributed by atoms with Gasteiger partial charge in [-0.3, -0.25) is 4.98 Å². The molecule has 0 aromatic carbocycles. The average Bonchev–Trinajstić information content (AvgIpc) is 2.27. The molecule has 0 fully saturated rings. The summed E-state index contributed by atoms with van der Waals surface area (Å²) >= 11 is 0. The molecule has 0 aliphatic carbocycles. The number of rotatable bonds is 3. The normalized spacial score (nSPS) is 12.6. The maximum absolute atomic E-state index is 11.6. The zero-order chi connectivity index (χ0) is 14.5. The number of hydrogen-bond donors (Lipinski definition) is 1. The van der Waals surface area contributed by atoms with Gasteiger partial charge in [-0.15, -0.1) is 0 Å². The first-order chi connectivity index (χ1) is 8.78. The van der Waals surface area contributed by atoms with Gasteiger partial charge in [-0.25, -0.2) is 9.59 Å². The number of carbonyl (C=O) groups is 2. The molecule has 2 N–H and O–H groups in total. The van der Waals surface area contributed by atoms with E-state index in [1.54, 1.807) is 45.3 Å². The summed E-state index contributed by atoms with van der Waals surface area (Å²) in [5.74, 6) is -0.821. The lowest BCUT2D eigenvalue weighted by atomic mass is 10.1. The van der Waals surface area contributed by atoms with Gasteiger partial charge in [0.05, 0.1) is 0 Å². The van der Waals surface area contributed by atoms with E-state index < -0.39 is 23.8 Å². The number of pyridine rings is 1. The van der Waals surface area contributed by atoms with Gasteiger partial charge in [-0.05, 0) is 38.8 Å². The predicted molar refractivity (Wildman–Crippen MR) is 68.2 cm³/mol. The third-order valence-corrected chi connectivity index (χ3v) is 2.05. The molecule has 0 saturated heterocycles. The second-order valence-electron chi connectivity index (χ2n) is 5.06. The number of nitrogens with zero attached hydrogens (tertiary/aromatic N) is 1. The number of ether oxygens (including phenoxy) is 2. The molecule has 1 heterocycles. The van der Waals surface area contributed by atoms with Crippen molar-refractivity contribution >= 4 is 12.1 Å². The first-order valence-electron chi connectivity index (χ1n) is 5.87. The molecule has 6 heteroatoms. The molecule has 0 aliphatic rings. The van der Waals surface area contributed by atoms with Crippen LogP contribution in [-0.2, 0) is 20.7 Å². The molecule has 0 unspecified atom stereocenters. The summed E-state index contributed by atoms with van der Waals surface area (Å²) in [5.41, 5.74) is 5.72. The van der Waals surface area contributed by atoms with Crippen LogP contribution < -0.4 is 5.73 Å². The van der Waals surface area contributed by atoms with Crippen LogP contribution in [0.5, 0.6) is 0 Å². The highest BCUT2D eigenvalue weighted by Gasteiger charge is 2.23. The SMILES string of the molecule is CC(C)(C)OC(=O)OC(=O)[C@@H](N)Cc1cccnc1. The fraction of sp³-hybridized carbons (Fsp3) is 0.462. The number of esters is 1.